The van der Waals surface area contributed by atoms with Crippen molar-refractivity contribution < 1.29 is 18.7 Å². The van der Waals surface area contributed by atoms with Crippen LogP contribution in [0.2, 0.25) is 5.02 Å². The van der Waals surface area contributed by atoms with E-state index in [-0.39, 0.29) is 36.9 Å². The summed E-state index contributed by atoms with van der Waals surface area (Å²) in [5.41, 5.74) is -3.76. The molecule has 1 aromatic carbocycles. The third kappa shape index (κ3) is 4.61. The summed E-state index contributed by atoms with van der Waals surface area (Å²) in [7, 11) is 1.89. The van der Waals surface area contributed by atoms with Crippen molar-refractivity contribution >= 4 is 17.5 Å². The van der Waals surface area contributed by atoms with Gasteiger partial charge in [0.25, 0.3) is 5.91 Å². The fraction of sp³-hybridized carbons (Fsp3) is 0.476. The molecule has 0 bridgehead atoms. The Balaban J connectivity index is 1.84. The molecule has 2 aromatic rings. The van der Waals surface area contributed by atoms with Crippen LogP contribution >= 0.6 is 11.6 Å². The van der Waals surface area contributed by atoms with E-state index < -0.39 is 23.0 Å². The Morgan fingerprint density at radius 2 is 1.93 bits per heavy atom. The lowest BCUT2D eigenvalue weighted by Crippen LogP contribution is -2.54. The van der Waals surface area contributed by atoms with Crippen molar-refractivity contribution in [2.24, 2.45) is 0 Å². The lowest BCUT2D eigenvalue weighted by molar-refractivity contribution is -0.136. The summed E-state index contributed by atoms with van der Waals surface area (Å²) in [5, 5.41) is 14.3. The van der Waals surface area contributed by atoms with Gasteiger partial charge in [0.05, 0.1) is 11.6 Å². The Hall–Kier alpha value is -2.16. The number of alkyl halides is 1. The van der Waals surface area contributed by atoms with Crippen molar-refractivity contribution in [1.82, 2.24) is 20.2 Å². The van der Waals surface area contributed by atoms with Gasteiger partial charge in [-0.15, -0.1) is 0 Å². The molecule has 2 heterocycles. The molecular formula is C21H25ClF2N4O2. The molecule has 1 unspecified atom stereocenters. The monoisotopic (exact) mass is 438 g/mol. The smallest absolute Gasteiger partial charge is 0.251 e. The fourth-order valence-corrected chi connectivity index (χ4v) is 3.91. The summed E-state index contributed by atoms with van der Waals surface area (Å²) in [4.78, 5) is 22.5. The fourth-order valence-electron chi connectivity index (χ4n) is 3.82. The van der Waals surface area contributed by atoms with Gasteiger partial charge in [0.15, 0.2) is 0 Å². The lowest BCUT2D eigenvalue weighted by Gasteiger charge is -2.45. The van der Waals surface area contributed by atoms with Gasteiger partial charge < -0.3 is 15.3 Å². The molecular weight excluding hydrogens is 414 g/mol. The van der Waals surface area contributed by atoms with Gasteiger partial charge in [-0.25, -0.2) is 18.7 Å². The van der Waals surface area contributed by atoms with Crippen molar-refractivity contribution in [2.75, 3.05) is 20.1 Å². The quantitative estimate of drug-likeness (QED) is 0.724. The molecule has 2 N–H and O–H groups in total. The molecule has 1 aliphatic heterocycles. The molecule has 0 saturated carbocycles. The summed E-state index contributed by atoms with van der Waals surface area (Å²) in [6.45, 7) is 2.65. The van der Waals surface area contributed by atoms with Gasteiger partial charge in [0.1, 0.15) is 22.9 Å². The van der Waals surface area contributed by atoms with Gasteiger partial charge >= 0.3 is 0 Å². The minimum absolute atomic E-state index is 0.0117. The van der Waals surface area contributed by atoms with Crippen molar-refractivity contribution in [2.45, 2.75) is 44.0 Å². The van der Waals surface area contributed by atoms with Crippen molar-refractivity contribution in [3.63, 3.8) is 0 Å². The summed E-state index contributed by atoms with van der Waals surface area (Å²) in [6, 6.07) is 3.50. The lowest BCUT2D eigenvalue weighted by atomic mass is 9.71. The summed E-state index contributed by atoms with van der Waals surface area (Å²) >= 11 is 5.73. The van der Waals surface area contributed by atoms with Crippen molar-refractivity contribution in [3.8, 4) is 0 Å². The highest BCUT2D eigenvalue weighted by Gasteiger charge is 2.52. The predicted molar refractivity (Wildman–Crippen MR) is 109 cm³/mol. The third-order valence-corrected chi connectivity index (χ3v) is 5.95. The van der Waals surface area contributed by atoms with Crippen LogP contribution < -0.4 is 5.32 Å². The van der Waals surface area contributed by atoms with Gasteiger partial charge in [-0.3, -0.25) is 4.79 Å². The minimum Gasteiger partial charge on any atom is -0.382 e. The molecule has 162 valence electrons. The number of carbonyl (C=O) groups excluding carboxylic acids is 1. The zero-order valence-corrected chi connectivity index (χ0v) is 17.7. The molecule has 0 spiro atoms. The summed E-state index contributed by atoms with van der Waals surface area (Å²) in [5.74, 6) is -0.962. The summed E-state index contributed by atoms with van der Waals surface area (Å²) < 4.78 is 30.2. The van der Waals surface area contributed by atoms with E-state index in [1.54, 1.807) is 6.92 Å². The Morgan fingerprint density at radius 1 is 1.30 bits per heavy atom. The molecule has 1 fully saturated rings. The number of likely N-dealkylation sites (tertiary alicyclic amines) is 1. The van der Waals surface area contributed by atoms with Gasteiger partial charge in [-0.2, -0.15) is 0 Å². The number of nitrogens with zero attached hydrogens (tertiary/aromatic N) is 3. The van der Waals surface area contributed by atoms with Crippen LogP contribution in [0.4, 0.5) is 8.78 Å². The van der Waals surface area contributed by atoms with Gasteiger partial charge in [-0.05, 0) is 50.1 Å². The van der Waals surface area contributed by atoms with Crippen LogP contribution in [0, 0.1) is 5.82 Å². The van der Waals surface area contributed by atoms with Gasteiger partial charge in [-0.1, -0.05) is 18.5 Å². The van der Waals surface area contributed by atoms with E-state index in [9.17, 15) is 14.3 Å². The predicted octanol–water partition coefficient (Wildman–Crippen LogP) is 3.23. The molecule has 1 aliphatic rings. The molecule has 1 aromatic heterocycles. The van der Waals surface area contributed by atoms with Crippen LogP contribution in [0.15, 0.2) is 30.6 Å². The number of nitrogens with one attached hydrogen (secondary N) is 1. The largest absolute Gasteiger partial charge is 0.382 e. The number of piperidine rings is 1. The normalized spacial score (nSPS) is 18.6. The number of rotatable bonds is 6. The number of amides is 1. The maximum Gasteiger partial charge on any atom is 0.251 e. The van der Waals surface area contributed by atoms with Crippen LogP contribution in [0.1, 0.15) is 47.9 Å². The average molecular weight is 439 g/mol. The number of aromatic nitrogens is 2. The van der Waals surface area contributed by atoms with Crippen LogP contribution in [-0.2, 0) is 12.1 Å². The highest BCUT2D eigenvalue weighted by molar-refractivity contribution is 6.30. The number of aliphatic hydroxyl groups is 1. The number of hydrogen-bond donors (Lipinski definition) is 2. The Labute approximate surface area is 179 Å². The molecule has 1 amide bonds. The van der Waals surface area contributed by atoms with Crippen molar-refractivity contribution in [3.05, 3.63) is 58.4 Å². The SMILES string of the molecule is CCC(O)(c1cc(F)cc(C(=O)NCc2ncc(Cl)cn2)c1)C1(F)CCN(C)CC1. The third-order valence-electron chi connectivity index (χ3n) is 5.75. The maximum atomic E-state index is 15.8. The van der Waals surface area contributed by atoms with Crippen molar-refractivity contribution in [1.29, 1.82) is 0 Å². The molecule has 1 saturated heterocycles. The Kier molecular flexibility index (Phi) is 6.69. The molecule has 0 radical (unpaired) electrons. The molecule has 9 heteroatoms. The van der Waals surface area contributed by atoms with E-state index in [4.69, 9.17) is 11.6 Å². The number of hydrogen-bond acceptors (Lipinski definition) is 5. The zero-order chi connectivity index (χ0) is 21.9. The molecule has 30 heavy (non-hydrogen) atoms. The van der Waals surface area contributed by atoms with E-state index in [0.717, 1.165) is 12.1 Å². The number of halogens is 3. The first-order valence-corrected chi connectivity index (χ1v) is 10.2. The highest BCUT2D eigenvalue weighted by Crippen LogP contribution is 2.45. The topological polar surface area (TPSA) is 78.3 Å². The van der Waals surface area contributed by atoms with Crippen LogP contribution in [0.25, 0.3) is 0 Å². The molecule has 0 aliphatic carbocycles. The molecule has 1 atom stereocenters. The zero-order valence-electron chi connectivity index (χ0n) is 17.0. The first kappa shape index (κ1) is 22.5. The second kappa shape index (κ2) is 8.91. The minimum atomic E-state index is -1.91. The van der Waals surface area contributed by atoms with Crippen LogP contribution in [0.5, 0.6) is 0 Å². The molecule has 6 nitrogen and oxygen atoms in total. The maximum absolute atomic E-state index is 15.8. The average Bonchev–Trinajstić information content (AvgIpc) is 2.74. The number of benzene rings is 1. The Morgan fingerprint density at radius 3 is 2.53 bits per heavy atom. The van der Waals surface area contributed by atoms with E-state index >= 15 is 4.39 Å². The van der Waals surface area contributed by atoms with Crippen LogP contribution in [-0.4, -0.2) is 51.7 Å². The van der Waals surface area contributed by atoms with Gasteiger partial charge in [0, 0.05) is 31.0 Å². The van der Waals surface area contributed by atoms with E-state index in [2.05, 4.69) is 15.3 Å². The number of carbonyl (C=O) groups is 1. The Bertz CT molecular complexity index is 904. The molecule has 3 rings (SSSR count). The second-order valence-corrected chi connectivity index (χ2v) is 8.15. The van der Waals surface area contributed by atoms with E-state index in [0.29, 0.717) is 23.9 Å². The second-order valence-electron chi connectivity index (χ2n) is 7.71. The highest BCUT2D eigenvalue weighted by atomic mass is 35.5. The first-order valence-electron chi connectivity index (χ1n) is 9.82. The standard InChI is InChI=1S/C21H25ClF2N4O2/c1-3-21(30,20(24)4-6-28(2)7-5-20)15-8-14(9-17(23)10-15)19(29)27-13-18-25-11-16(22)12-26-18/h8-12,30H,3-7,13H2,1-2H3,(H,27,29). The summed E-state index contributed by atoms with van der Waals surface area (Å²) in [6.07, 6.45) is 3.11. The van der Waals surface area contributed by atoms with Crippen LogP contribution in [0.3, 0.4) is 0 Å². The van der Waals surface area contributed by atoms with E-state index in [1.165, 1.54) is 18.5 Å². The van der Waals surface area contributed by atoms with E-state index in [1.807, 2.05) is 11.9 Å². The van der Waals surface area contributed by atoms with Gasteiger partial charge in [0.2, 0.25) is 0 Å². The first-order chi connectivity index (χ1) is 14.2.